The van der Waals surface area contributed by atoms with Crippen LogP contribution in [-0.2, 0) is 4.79 Å². The van der Waals surface area contributed by atoms with Gasteiger partial charge in [-0.2, -0.15) is 0 Å². The Kier molecular flexibility index (Phi) is 4.29. The van der Waals surface area contributed by atoms with Crippen LogP contribution in [0.1, 0.15) is 33.1 Å². The van der Waals surface area contributed by atoms with Crippen LogP contribution in [0, 0.1) is 5.92 Å². The fraction of sp³-hybridized carbons (Fsp3) is 0.700. The molecule has 1 rings (SSSR count). The van der Waals surface area contributed by atoms with Gasteiger partial charge in [0, 0.05) is 5.92 Å². The highest BCUT2D eigenvalue weighted by Crippen LogP contribution is 2.14. The second kappa shape index (κ2) is 5.52. The normalized spacial score (nSPS) is 17.1. The lowest BCUT2D eigenvalue weighted by Gasteiger charge is -2.22. The van der Waals surface area contributed by atoms with E-state index in [1.807, 2.05) is 6.92 Å². The van der Waals surface area contributed by atoms with Crippen molar-refractivity contribution in [3.63, 3.8) is 0 Å². The Morgan fingerprint density at radius 1 is 1.57 bits per heavy atom. The van der Waals surface area contributed by atoms with Crippen molar-refractivity contribution in [2.75, 3.05) is 6.67 Å². The summed E-state index contributed by atoms with van der Waals surface area (Å²) in [6, 6.07) is 0. The van der Waals surface area contributed by atoms with Crippen LogP contribution in [0.25, 0.3) is 0 Å². The maximum Gasteiger partial charge on any atom is 0.232 e. The van der Waals surface area contributed by atoms with Gasteiger partial charge in [0.25, 0.3) is 0 Å². The van der Waals surface area contributed by atoms with Gasteiger partial charge in [-0.1, -0.05) is 20.3 Å². The molecule has 1 amide bonds. The summed E-state index contributed by atoms with van der Waals surface area (Å²) < 4.78 is 0. The number of carbonyl (C=O) groups is 1. The number of aliphatic imine (C=N–C) groups is 2. The average Bonchev–Trinajstić information content (AvgIpc) is 2.26. The highest BCUT2D eigenvalue weighted by molar-refractivity contribution is 5.92. The highest BCUT2D eigenvalue weighted by Gasteiger charge is 2.21. The molecule has 0 saturated carbocycles. The lowest BCUT2D eigenvalue weighted by Crippen LogP contribution is -2.36. The third-order valence-corrected chi connectivity index (χ3v) is 2.35. The van der Waals surface area contributed by atoms with Gasteiger partial charge >= 0.3 is 0 Å². The molecule has 1 heterocycles. The zero-order valence-corrected chi connectivity index (χ0v) is 8.81. The lowest BCUT2D eigenvalue weighted by atomic mass is 9.99. The summed E-state index contributed by atoms with van der Waals surface area (Å²) in [5.41, 5.74) is 0. The van der Waals surface area contributed by atoms with E-state index >= 15 is 0 Å². The average molecular weight is 195 g/mol. The molecule has 0 aliphatic carbocycles. The molecule has 0 saturated heterocycles. The first kappa shape index (κ1) is 10.9. The minimum absolute atomic E-state index is 0.125. The van der Waals surface area contributed by atoms with E-state index in [4.69, 9.17) is 0 Å². The van der Waals surface area contributed by atoms with Gasteiger partial charge in [0.1, 0.15) is 19.3 Å². The first-order valence-corrected chi connectivity index (χ1v) is 5.11. The van der Waals surface area contributed by atoms with Crippen LogP contribution in [0.5, 0.6) is 0 Å². The second-order valence-electron chi connectivity index (χ2n) is 3.41. The molecule has 0 aromatic heterocycles. The van der Waals surface area contributed by atoms with Crippen LogP contribution >= 0.6 is 0 Å². The van der Waals surface area contributed by atoms with Gasteiger partial charge in [-0.15, -0.1) is 0 Å². The molecule has 0 radical (unpaired) electrons. The minimum Gasteiger partial charge on any atom is -0.282 e. The predicted octanol–water partition coefficient (Wildman–Crippen LogP) is 1.67. The molecular formula is C10H17N3O. The molecule has 1 unspecified atom stereocenters. The predicted molar refractivity (Wildman–Crippen MR) is 57.4 cm³/mol. The third-order valence-electron chi connectivity index (χ3n) is 2.35. The molecule has 1 atom stereocenters. The van der Waals surface area contributed by atoms with Gasteiger partial charge in [-0.3, -0.25) is 14.7 Å². The molecular weight excluding hydrogens is 178 g/mol. The van der Waals surface area contributed by atoms with E-state index in [-0.39, 0.29) is 11.8 Å². The number of rotatable bonds is 4. The lowest BCUT2D eigenvalue weighted by molar-refractivity contribution is -0.131. The topological polar surface area (TPSA) is 45.0 Å². The number of hydrogen-bond donors (Lipinski definition) is 0. The van der Waals surface area contributed by atoms with Crippen LogP contribution in [0.3, 0.4) is 0 Å². The molecule has 0 aromatic carbocycles. The van der Waals surface area contributed by atoms with E-state index in [1.54, 1.807) is 11.2 Å². The minimum atomic E-state index is 0.125. The van der Waals surface area contributed by atoms with Crippen LogP contribution < -0.4 is 0 Å². The zero-order valence-electron chi connectivity index (χ0n) is 8.81. The Balaban J connectivity index is 2.53. The van der Waals surface area contributed by atoms with Crippen LogP contribution in [-0.4, -0.2) is 30.2 Å². The maximum atomic E-state index is 11.9. The van der Waals surface area contributed by atoms with Gasteiger partial charge in [-0.05, 0) is 12.8 Å². The van der Waals surface area contributed by atoms with Crippen LogP contribution in [0.15, 0.2) is 9.98 Å². The molecule has 14 heavy (non-hydrogen) atoms. The van der Waals surface area contributed by atoms with Gasteiger partial charge in [0.05, 0.1) is 0 Å². The standard InChI is InChI=1S/C10H17N3O/c1-3-5-9(4-2)10(14)13-7-11-6-12-8-13/h6-7,9H,3-5,8H2,1-2H3. The molecule has 4 nitrogen and oxygen atoms in total. The molecule has 0 spiro atoms. The largest absolute Gasteiger partial charge is 0.282 e. The smallest absolute Gasteiger partial charge is 0.232 e. The molecule has 1 aliphatic heterocycles. The van der Waals surface area contributed by atoms with E-state index in [2.05, 4.69) is 16.9 Å². The van der Waals surface area contributed by atoms with Crippen molar-refractivity contribution < 1.29 is 4.79 Å². The Bertz CT molecular complexity index is 248. The van der Waals surface area contributed by atoms with Gasteiger partial charge in [0.2, 0.25) is 5.91 Å². The summed E-state index contributed by atoms with van der Waals surface area (Å²) in [5.74, 6) is 0.273. The van der Waals surface area contributed by atoms with E-state index in [9.17, 15) is 4.79 Å². The Labute approximate surface area is 84.7 Å². The zero-order chi connectivity index (χ0) is 10.4. The molecule has 0 aromatic rings. The molecule has 0 fully saturated rings. The highest BCUT2D eigenvalue weighted by atomic mass is 16.2. The number of carbonyl (C=O) groups excluding carboxylic acids is 1. The second-order valence-corrected chi connectivity index (χ2v) is 3.41. The molecule has 0 N–H and O–H groups in total. The molecule has 78 valence electrons. The van der Waals surface area contributed by atoms with Crippen molar-refractivity contribution >= 4 is 18.6 Å². The summed E-state index contributed by atoms with van der Waals surface area (Å²) in [6.07, 6.45) is 5.92. The fourth-order valence-electron chi connectivity index (χ4n) is 1.53. The Morgan fingerprint density at radius 2 is 2.36 bits per heavy atom. The van der Waals surface area contributed by atoms with E-state index in [0.717, 1.165) is 19.3 Å². The van der Waals surface area contributed by atoms with Crippen molar-refractivity contribution in [1.29, 1.82) is 0 Å². The number of amides is 1. The summed E-state index contributed by atoms with van der Waals surface area (Å²) in [7, 11) is 0. The Hall–Kier alpha value is -1.19. The van der Waals surface area contributed by atoms with Crippen LogP contribution in [0.4, 0.5) is 0 Å². The van der Waals surface area contributed by atoms with E-state index in [1.165, 1.54) is 6.34 Å². The maximum absolute atomic E-state index is 11.9. The number of hydrogen-bond acceptors (Lipinski definition) is 3. The number of nitrogens with zero attached hydrogens (tertiary/aromatic N) is 3. The molecule has 0 bridgehead atoms. The first-order chi connectivity index (χ1) is 6.79. The summed E-state index contributed by atoms with van der Waals surface area (Å²) in [5, 5.41) is 0. The summed E-state index contributed by atoms with van der Waals surface area (Å²) in [4.78, 5) is 21.3. The van der Waals surface area contributed by atoms with Gasteiger partial charge in [0.15, 0.2) is 0 Å². The van der Waals surface area contributed by atoms with Crippen molar-refractivity contribution in [1.82, 2.24) is 4.90 Å². The van der Waals surface area contributed by atoms with Crippen molar-refractivity contribution in [2.24, 2.45) is 15.9 Å². The van der Waals surface area contributed by atoms with Gasteiger partial charge < -0.3 is 0 Å². The monoisotopic (exact) mass is 195 g/mol. The van der Waals surface area contributed by atoms with Crippen LogP contribution in [0.2, 0.25) is 0 Å². The van der Waals surface area contributed by atoms with E-state index < -0.39 is 0 Å². The molecule has 4 heteroatoms. The van der Waals surface area contributed by atoms with Crippen molar-refractivity contribution in [2.45, 2.75) is 33.1 Å². The Morgan fingerprint density at radius 3 is 2.86 bits per heavy atom. The van der Waals surface area contributed by atoms with Crippen molar-refractivity contribution in [3.8, 4) is 0 Å². The SMILES string of the molecule is CCCC(CC)C(=O)N1C=NC=NC1. The first-order valence-electron chi connectivity index (χ1n) is 5.11. The van der Waals surface area contributed by atoms with Gasteiger partial charge in [-0.25, -0.2) is 4.99 Å². The van der Waals surface area contributed by atoms with E-state index in [0.29, 0.717) is 6.67 Å². The summed E-state index contributed by atoms with van der Waals surface area (Å²) in [6.45, 7) is 4.56. The summed E-state index contributed by atoms with van der Waals surface area (Å²) >= 11 is 0. The quantitative estimate of drug-likeness (QED) is 0.673. The molecule has 1 aliphatic rings. The van der Waals surface area contributed by atoms with Crippen molar-refractivity contribution in [3.05, 3.63) is 0 Å². The fourth-order valence-corrected chi connectivity index (χ4v) is 1.53. The third kappa shape index (κ3) is 2.65.